The average molecular weight is 1100 g/mol. The zero-order valence-electron chi connectivity index (χ0n) is 30.6. The monoisotopic (exact) mass is 1100 g/mol. The second-order valence-corrected chi connectivity index (χ2v) is 22.0. The Bertz CT molecular complexity index is 484. The van der Waals surface area contributed by atoms with Gasteiger partial charge in [0.25, 0.3) is 0 Å². The molecule has 4 radical (unpaired) electrons. The smallest absolute Gasteiger partial charge is 0.0777 e. The fourth-order valence-corrected chi connectivity index (χ4v) is 13.9. The predicted octanol–water partition coefficient (Wildman–Crippen LogP) is 7.72. The third-order valence-corrected chi connectivity index (χ3v) is 18.3. The van der Waals surface area contributed by atoms with Crippen LogP contribution in [0.5, 0.6) is 0 Å². The maximum absolute atomic E-state index is 8.60. The van der Waals surface area contributed by atoms with E-state index in [-0.39, 0.29) is 135 Å². The van der Waals surface area contributed by atoms with Gasteiger partial charge in [-0.1, -0.05) is 107 Å². The van der Waals surface area contributed by atoms with Crippen molar-refractivity contribution >= 4 is 31.7 Å². The molecule has 4 atom stereocenters. The SMILES string of the molecule is [CH2-]C(OC([CH2-])P(CCC)CCC)P(CCC)CCC.[CH2-]C(OC([CH2-])P(CCC)CCC)P(CCC)CCC.[O-][Cl+3]([O-])([O-])O.[Tc].[Tc].[Tc].[Tc]. The van der Waals surface area contributed by atoms with Crippen molar-refractivity contribution < 1.29 is 119 Å². The topological polar surface area (TPSA) is 108 Å². The maximum Gasteiger partial charge on any atom is 0.0777 e. The van der Waals surface area contributed by atoms with E-state index in [0.717, 1.165) is 0 Å². The van der Waals surface area contributed by atoms with Crippen molar-refractivity contribution in [2.45, 2.75) is 130 Å². The molecule has 0 bridgehead atoms. The Labute approximate surface area is 354 Å². The molecule has 0 aromatic rings. The quantitative estimate of drug-likeness (QED) is 0.0785. The van der Waals surface area contributed by atoms with E-state index in [0.29, 0.717) is 0 Å². The molecule has 1 N–H and O–H groups in total. The molecule has 292 valence electrons. The Hall–Kier alpha value is 4.37. The van der Waals surface area contributed by atoms with Crippen molar-refractivity contribution in [2.75, 3.05) is 49.3 Å². The minimum absolute atomic E-state index is 0. The van der Waals surface area contributed by atoms with Gasteiger partial charge in [0.15, 0.2) is 0 Å². The largest absolute Gasteiger partial charge is 0.430 e. The minimum atomic E-state index is -4.69. The molecule has 47 heavy (non-hydrogen) atoms. The van der Waals surface area contributed by atoms with Crippen LogP contribution < -0.4 is 14.0 Å². The summed E-state index contributed by atoms with van der Waals surface area (Å²) in [4.78, 5) is 0. The molecule has 0 aliphatic heterocycles. The van der Waals surface area contributed by atoms with Crippen LogP contribution in [0.2, 0.25) is 0 Å². The Kier molecular flexibility index (Phi) is 63.0. The summed E-state index contributed by atoms with van der Waals surface area (Å²) in [5.74, 6) is 0.763. The first kappa shape index (κ1) is 66.2. The standard InChI is InChI=1S/2C16H34OP2.ClHO4.4Tc/c2*1-7-11-18(12-8-2)15(5)17-16(6)19(13-9-3)14-10-4;2-1(3,4)5;;;;/h2*15-16H,5-14H2,1-4H3;(H,2,3,4,5);;;;/q2*-2;;;;;. The summed E-state index contributed by atoms with van der Waals surface area (Å²) >= 11 is 0. The summed E-state index contributed by atoms with van der Waals surface area (Å²) in [5.41, 5.74) is 0. The normalized spacial score (nSPS) is 13.5. The van der Waals surface area contributed by atoms with Crippen LogP contribution in [0.1, 0.15) is 107 Å². The van der Waals surface area contributed by atoms with Crippen LogP contribution in [-0.4, -0.2) is 77.3 Å². The Morgan fingerprint density at radius 3 is 0.617 bits per heavy atom. The molecular formula is C32H69ClO6P4Tc4-4. The Balaban J connectivity index is -0.000000110. The molecule has 0 rings (SSSR count). The zero-order chi connectivity index (χ0) is 33.8. The summed E-state index contributed by atoms with van der Waals surface area (Å²) in [7, 11) is -4.94. The van der Waals surface area contributed by atoms with Crippen molar-refractivity contribution in [3.05, 3.63) is 27.7 Å². The van der Waals surface area contributed by atoms with Gasteiger partial charge >= 0.3 is 0 Å². The van der Waals surface area contributed by atoms with E-state index < -0.39 is 10.2 Å². The number of halogens is 1. The molecule has 0 aliphatic rings. The Morgan fingerprint density at radius 1 is 0.426 bits per heavy atom. The van der Waals surface area contributed by atoms with Crippen LogP contribution in [0.4, 0.5) is 0 Å². The van der Waals surface area contributed by atoms with Gasteiger partial charge in [0.05, 0.1) is 14.9 Å². The molecule has 0 aliphatic carbocycles. The predicted molar refractivity (Wildman–Crippen MR) is 190 cm³/mol. The van der Waals surface area contributed by atoms with Crippen LogP contribution in [0.25, 0.3) is 0 Å². The van der Waals surface area contributed by atoms with Crippen LogP contribution in [0, 0.1) is 37.9 Å². The van der Waals surface area contributed by atoms with Gasteiger partial charge in [-0.05, 0) is 72.7 Å². The van der Waals surface area contributed by atoms with Gasteiger partial charge in [0.2, 0.25) is 0 Å². The molecule has 0 aromatic heterocycles. The van der Waals surface area contributed by atoms with Gasteiger partial charge in [-0.25, -0.2) is 0 Å². The summed E-state index contributed by atoms with van der Waals surface area (Å²) in [6.07, 6.45) is 20.4. The molecule has 0 saturated carbocycles. The molecule has 0 aromatic carbocycles. The summed E-state index contributed by atoms with van der Waals surface area (Å²) in [6, 6.07) is 0. The van der Waals surface area contributed by atoms with Crippen LogP contribution in [-0.2, 0) is 89.9 Å². The van der Waals surface area contributed by atoms with E-state index in [1.807, 2.05) is 0 Å². The van der Waals surface area contributed by atoms with E-state index in [4.69, 9.17) is 28.1 Å². The molecule has 0 saturated heterocycles. The molecule has 0 spiro atoms. The number of ether oxygens (including phenoxy) is 2. The van der Waals surface area contributed by atoms with E-state index in [2.05, 4.69) is 83.1 Å². The van der Waals surface area contributed by atoms with Crippen molar-refractivity contribution in [3.8, 4) is 0 Å². The first-order chi connectivity index (χ1) is 20.2. The molecule has 0 fully saturated rings. The van der Waals surface area contributed by atoms with E-state index in [1.165, 1.54) is 101 Å². The first-order valence-electron chi connectivity index (χ1n) is 16.4. The molecule has 15 heteroatoms. The maximum atomic E-state index is 8.60. The van der Waals surface area contributed by atoms with Crippen LogP contribution in [0.3, 0.4) is 0 Å². The number of hydrogen-bond acceptors (Lipinski definition) is 6. The number of rotatable bonds is 24. The van der Waals surface area contributed by atoms with Crippen LogP contribution >= 0.6 is 31.7 Å². The molecule has 6 nitrogen and oxygen atoms in total. The van der Waals surface area contributed by atoms with Gasteiger partial charge in [-0.15, -0.1) is 31.7 Å². The fraction of sp³-hybridized carbons (Fsp3) is 0.875. The molecular weight excluding hydrogens is 1030 g/mol. The van der Waals surface area contributed by atoms with Gasteiger partial charge in [0.1, 0.15) is 0 Å². The van der Waals surface area contributed by atoms with Gasteiger partial charge < -0.3 is 37.2 Å². The second kappa shape index (κ2) is 44.8. The van der Waals surface area contributed by atoms with Crippen molar-refractivity contribution in [1.82, 2.24) is 0 Å². The minimum Gasteiger partial charge on any atom is -0.430 e. The molecule has 4 unspecified atom stereocenters. The molecule has 0 amide bonds. The summed E-state index contributed by atoms with van der Waals surface area (Å²) in [6.45, 7) is 35.3. The average Bonchev–Trinajstić information content (AvgIpc) is 2.92. The van der Waals surface area contributed by atoms with Gasteiger partial charge in [-0.2, -0.15) is 14.0 Å². The first-order valence-corrected chi connectivity index (χ1v) is 24.8. The van der Waals surface area contributed by atoms with E-state index >= 15 is 0 Å². The zero-order valence-corrected chi connectivity index (χ0v) is 42.4. The van der Waals surface area contributed by atoms with Gasteiger partial charge in [0, 0.05) is 80.4 Å². The van der Waals surface area contributed by atoms with Crippen molar-refractivity contribution in [2.24, 2.45) is 0 Å². The fourth-order valence-electron chi connectivity index (χ4n) is 4.60. The van der Waals surface area contributed by atoms with Crippen molar-refractivity contribution in [1.29, 1.82) is 0 Å². The summed E-state index contributed by atoms with van der Waals surface area (Å²) in [5, 5.41) is 0. The Morgan fingerprint density at radius 2 is 0.532 bits per heavy atom. The van der Waals surface area contributed by atoms with E-state index in [1.54, 1.807) is 0 Å². The third kappa shape index (κ3) is 43.0. The molecule has 0 heterocycles. The van der Waals surface area contributed by atoms with Crippen LogP contribution in [0.15, 0.2) is 0 Å². The van der Waals surface area contributed by atoms with E-state index in [9.17, 15) is 0 Å². The van der Waals surface area contributed by atoms with Crippen molar-refractivity contribution in [3.63, 3.8) is 0 Å². The number of hydrogen-bond donors (Lipinski definition) is 1. The second-order valence-electron chi connectivity index (χ2n) is 10.6. The summed E-state index contributed by atoms with van der Waals surface area (Å²) < 4.78 is 45.2. The third-order valence-electron chi connectivity index (χ3n) is 6.34. The van der Waals surface area contributed by atoms with Gasteiger partial charge in [-0.3, -0.25) is 0 Å².